The summed E-state index contributed by atoms with van der Waals surface area (Å²) in [7, 11) is 0. The van der Waals surface area contributed by atoms with Crippen LogP contribution < -0.4 is 21.3 Å². The van der Waals surface area contributed by atoms with Gasteiger partial charge in [0, 0.05) is 11.8 Å². The van der Waals surface area contributed by atoms with Crippen LogP contribution in [0.15, 0.2) is 36.4 Å². The Kier molecular flexibility index (Phi) is 4.52. The summed E-state index contributed by atoms with van der Waals surface area (Å²) in [6.07, 6.45) is 0. The molecule has 4 N–H and O–H groups in total. The number of hydrazine groups is 1. The molecule has 0 unspecified atom stereocenters. The average Bonchev–Trinajstić information content (AvgIpc) is 2.47. The van der Waals surface area contributed by atoms with Crippen molar-refractivity contribution in [1.29, 1.82) is 0 Å². The van der Waals surface area contributed by atoms with Gasteiger partial charge in [0.15, 0.2) is 0 Å². The van der Waals surface area contributed by atoms with Crippen molar-refractivity contribution in [2.45, 2.75) is 6.92 Å². The molecular weight excluding hydrogens is 274 g/mol. The van der Waals surface area contributed by atoms with Crippen molar-refractivity contribution in [3.63, 3.8) is 0 Å². The molecule has 0 aliphatic rings. The lowest BCUT2D eigenvalue weighted by atomic mass is 10.3. The van der Waals surface area contributed by atoms with Gasteiger partial charge in [0.25, 0.3) is 5.69 Å². The lowest BCUT2D eigenvalue weighted by Gasteiger charge is -2.09. The molecule has 1 aromatic carbocycles. The van der Waals surface area contributed by atoms with E-state index in [0.29, 0.717) is 23.9 Å². The van der Waals surface area contributed by atoms with E-state index in [1.54, 1.807) is 12.1 Å². The summed E-state index contributed by atoms with van der Waals surface area (Å²) in [5, 5.41) is 13.9. The molecule has 110 valence electrons. The molecular formula is C13H15N5O3. The maximum atomic E-state index is 10.9. The highest BCUT2D eigenvalue weighted by Crippen LogP contribution is 2.25. The minimum absolute atomic E-state index is 0.110. The highest BCUT2D eigenvalue weighted by Gasteiger charge is 2.11. The molecule has 1 heterocycles. The number of nitrogens with two attached hydrogens (primary N) is 1. The lowest BCUT2D eigenvalue weighted by molar-refractivity contribution is -0.384. The van der Waals surface area contributed by atoms with Gasteiger partial charge in [-0.25, -0.2) is 10.8 Å². The summed E-state index contributed by atoms with van der Waals surface area (Å²) in [5.41, 5.74) is 2.90. The predicted molar refractivity (Wildman–Crippen MR) is 79.6 cm³/mol. The zero-order chi connectivity index (χ0) is 15.2. The maximum absolute atomic E-state index is 10.9. The fourth-order valence-electron chi connectivity index (χ4n) is 1.74. The van der Waals surface area contributed by atoms with E-state index in [-0.39, 0.29) is 11.5 Å². The van der Waals surface area contributed by atoms with E-state index < -0.39 is 4.92 Å². The van der Waals surface area contributed by atoms with E-state index in [0.717, 1.165) is 0 Å². The van der Waals surface area contributed by atoms with Gasteiger partial charge in [-0.2, -0.15) is 0 Å². The van der Waals surface area contributed by atoms with Crippen LogP contribution in [0.25, 0.3) is 0 Å². The third-order valence-corrected chi connectivity index (χ3v) is 2.59. The largest absolute Gasteiger partial charge is 0.494 e. The normalized spacial score (nSPS) is 10.0. The summed E-state index contributed by atoms with van der Waals surface area (Å²) >= 11 is 0. The first-order valence-electron chi connectivity index (χ1n) is 6.25. The number of aromatic nitrogens is 1. The highest BCUT2D eigenvalue weighted by atomic mass is 16.6. The second-order valence-electron chi connectivity index (χ2n) is 4.08. The number of nitrogens with zero attached hydrogens (tertiary/aromatic N) is 2. The van der Waals surface area contributed by atoms with E-state index in [2.05, 4.69) is 15.7 Å². The first-order chi connectivity index (χ1) is 10.1. The van der Waals surface area contributed by atoms with Gasteiger partial charge in [0.05, 0.1) is 23.7 Å². The number of nitrogen functional groups attached to an aromatic ring is 1. The number of nitrogens with one attached hydrogen (secondary N) is 2. The number of nitro groups is 1. The average molecular weight is 289 g/mol. The van der Waals surface area contributed by atoms with Crippen molar-refractivity contribution < 1.29 is 9.66 Å². The van der Waals surface area contributed by atoms with Crippen molar-refractivity contribution >= 4 is 23.0 Å². The zero-order valence-electron chi connectivity index (χ0n) is 11.4. The van der Waals surface area contributed by atoms with Crippen LogP contribution >= 0.6 is 0 Å². The highest BCUT2D eigenvalue weighted by molar-refractivity contribution is 5.63. The molecule has 8 heteroatoms. The van der Waals surface area contributed by atoms with Crippen molar-refractivity contribution in [3.8, 4) is 5.75 Å². The monoisotopic (exact) mass is 289 g/mol. The third kappa shape index (κ3) is 3.80. The van der Waals surface area contributed by atoms with Gasteiger partial charge >= 0.3 is 0 Å². The van der Waals surface area contributed by atoms with E-state index in [1.165, 1.54) is 12.1 Å². The molecule has 8 nitrogen and oxygen atoms in total. The third-order valence-electron chi connectivity index (χ3n) is 2.59. The molecule has 0 fully saturated rings. The Hall–Kier alpha value is -2.87. The molecule has 0 spiro atoms. The molecule has 0 aliphatic heterocycles. The van der Waals surface area contributed by atoms with Gasteiger partial charge in [-0.1, -0.05) is 6.07 Å². The first-order valence-corrected chi connectivity index (χ1v) is 6.25. The number of rotatable bonds is 6. The number of ether oxygens (including phenoxy) is 1. The Morgan fingerprint density at radius 3 is 2.76 bits per heavy atom. The molecule has 0 saturated heterocycles. The minimum atomic E-state index is -0.510. The van der Waals surface area contributed by atoms with Crippen molar-refractivity contribution in [2.24, 2.45) is 5.84 Å². The second kappa shape index (κ2) is 6.53. The summed E-state index contributed by atoms with van der Waals surface area (Å²) < 4.78 is 5.39. The van der Waals surface area contributed by atoms with Crippen LogP contribution in [0.3, 0.4) is 0 Å². The Labute approximate surface area is 121 Å². The fraction of sp³-hybridized carbons (Fsp3) is 0.154. The van der Waals surface area contributed by atoms with E-state index in [9.17, 15) is 10.1 Å². The van der Waals surface area contributed by atoms with E-state index in [4.69, 9.17) is 10.6 Å². The molecule has 0 bridgehead atoms. The summed E-state index contributed by atoms with van der Waals surface area (Å²) in [6, 6.07) is 9.79. The van der Waals surface area contributed by atoms with Crippen molar-refractivity contribution in [1.82, 2.24) is 4.98 Å². The summed E-state index contributed by atoms with van der Waals surface area (Å²) in [6.45, 7) is 2.45. The molecule has 0 saturated carbocycles. The number of pyridine rings is 1. The van der Waals surface area contributed by atoms with Crippen LogP contribution in [-0.2, 0) is 0 Å². The van der Waals surface area contributed by atoms with Gasteiger partial charge in [-0.05, 0) is 19.1 Å². The molecule has 0 amide bonds. The molecule has 1 aromatic heterocycles. The van der Waals surface area contributed by atoms with E-state index in [1.807, 2.05) is 19.1 Å². The topological polar surface area (TPSA) is 115 Å². The Morgan fingerprint density at radius 2 is 2.10 bits per heavy atom. The quantitative estimate of drug-likeness (QED) is 0.425. The molecule has 21 heavy (non-hydrogen) atoms. The standard InChI is InChI=1S/C13H15N5O3/c1-2-21-11-5-3-4-9(6-11)15-12-7-10(18(19)20)8-13(16-12)17-14/h3-8H,2,14H2,1H3,(H2,15,16,17). The SMILES string of the molecule is CCOc1cccc(Nc2cc([N+](=O)[O-])cc(NN)n2)c1. The Balaban J connectivity index is 2.28. The van der Waals surface area contributed by atoms with Crippen molar-refractivity contribution in [3.05, 3.63) is 46.5 Å². The molecule has 0 radical (unpaired) electrons. The second-order valence-corrected chi connectivity index (χ2v) is 4.08. The van der Waals surface area contributed by atoms with E-state index >= 15 is 0 Å². The van der Waals surface area contributed by atoms with Gasteiger partial charge in [0.2, 0.25) is 0 Å². The summed E-state index contributed by atoms with van der Waals surface area (Å²) in [4.78, 5) is 14.5. The number of benzene rings is 1. The number of hydrogen-bond donors (Lipinski definition) is 3. The molecule has 0 aliphatic carbocycles. The van der Waals surface area contributed by atoms with Crippen LogP contribution in [0.1, 0.15) is 6.92 Å². The smallest absolute Gasteiger partial charge is 0.276 e. The number of hydrogen-bond acceptors (Lipinski definition) is 7. The first kappa shape index (κ1) is 14.5. The van der Waals surface area contributed by atoms with Crippen molar-refractivity contribution in [2.75, 3.05) is 17.3 Å². The van der Waals surface area contributed by atoms with Gasteiger partial charge < -0.3 is 15.5 Å². The Morgan fingerprint density at radius 1 is 1.33 bits per heavy atom. The van der Waals surface area contributed by atoms with Crippen LogP contribution in [-0.4, -0.2) is 16.5 Å². The predicted octanol–water partition coefficient (Wildman–Crippen LogP) is 2.42. The molecule has 2 aromatic rings. The Bertz CT molecular complexity index is 647. The van der Waals surface area contributed by atoms with Crippen LogP contribution in [0.4, 0.5) is 23.0 Å². The molecule has 2 rings (SSSR count). The van der Waals surface area contributed by atoms with Crippen LogP contribution in [0.5, 0.6) is 5.75 Å². The maximum Gasteiger partial charge on any atom is 0.276 e. The van der Waals surface area contributed by atoms with Gasteiger partial charge in [0.1, 0.15) is 17.4 Å². The van der Waals surface area contributed by atoms with Gasteiger partial charge in [-0.15, -0.1) is 0 Å². The summed E-state index contributed by atoms with van der Waals surface area (Å²) in [5.74, 6) is 6.47. The zero-order valence-corrected chi connectivity index (χ0v) is 11.4. The number of anilines is 3. The fourth-order valence-corrected chi connectivity index (χ4v) is 1.74. The lowest BCUT2D eigenvalue weighted by Crippen LogP contribution is -2.10. The van der Waals surface area contributed by atoms with Crippen LogP contribution in [0.2, 0.25) is 0 Å². The molecule has 0 atom stereocenters. The van der Waals surface area contributed by atoms with Crippen LogP contribution in [0, 0.1) is 10.1 Å². The minimum Gasteiger partial charge on any atom is -0.494 e. The van der Waals surface area contributed by atoms with Gasteiger partial charge in [-0.3, -0.25) is 10.1 Å².